The minimum Gasteiger partial charge on any atom is -0.316 e. The van der Waals surface area contributed by atoms with Gasteiger partial charge >= 0.3 is 0 Å². The van der Waals surface area contributed by atoms with Crippen molar-refractivity contribution in [3.63, 3.8) is 0 Å². The van der Waals surface area contributed by atoms with E-state index in [-0.39, 0.29) is 28.7 Å². The molecule has 0 bridgehead atoms. The molecule has 4 rings (SSSR count). The zero-order valence-electron chi connectivity index (χ0n) is 14.7. The van der Waals surface area contributed by atoms with E-state index in [1.165, 1.54) is 31.0 Å². The van der Waals surface area contributed by atoms with Crippen LogP contribution in [0, 0.1) is 5.92 Å². The molecule has 1 amide bonds. The van der Waals surface area contributed by atoms with Gasteiger partial charge in [0.05, 0.1) is 17.5 Å². The molecule has 2 saturated heterocycles. The first-order valence-corrected chi connectivity index (χ1v) is 12.0. The van der Waals surface area contributed by atoms with Crippen LogP contribution >= 0.6 is 11.8 Å². The van der Waals surface area contributed by atoms with Crippen molar-refractivity contribution in [2.45, 2.75) is 49.8 Å². The molecule has 2 aliphatic heterocycles. The van der Waals surface area contributed by atoms with Gasteiger partial charge in [0, 0.05) is 17.4 Å². The van der Waals surface area contributed by atoms with Gasteiger partial charge in [-0.25, -0.2) is 8.42 Å². The lowest BCUT2D eigenvalue weighted by Gasteiger charge is -2.24. The van der Waals surface area contributed by atoms with E-state index in [4.69, 9.17) is 0 Å². The number of fused-ring (bicyclic) bond motifs is 1. The van der Waals surface area contributed by atoms with Crippen molar-refractivity contribution in [3.05, 3.63) is 30.3 Å². The molecule has 3 aliphatic rings. The Hall–Kier alpha value is -1.34. The van der Waals surface area contributed by atoms with Gasteiger partial charge in [-0.05, 0) is 30.9 Å². The Morgan fingerprint density at radius 1 is 1.12 bits per heavy atom. The van der Waals surface area contributed by atoms with Gasteiger partial charge in [-0.15, -0.1) is 0 Å². The van der Waals surface area contributed by atoms with Crippen molar-refractivity contribution < 1.29 is 13.2 Å². The molecule has 140 valence electrons. The fraction of sp³-hybridized carbons (Fsp3) is 0.579. The summed E-state index contributed by atoms with van der Waals surface area (Å²) in [5, 5.41) is 0.628. The number of benzene rings is 1. The number of sulfone groups is 1. The number of anilines is 1. The van der Waals surface area contributed by atoms with Gasteiger partial charge in [0.25, 0.3) is 0 Å². The number of carbonyl (C=O) groups excluding carboxylic acids is 1. The highest BCUT2D eigenvalue weighted by molar-refractivity contribution is 8.16. The summed E-state index contributed by atoms with van der Waals surface area (Å²) >= 11 is 1.45. The lowest BCUT2D eigenvalue weighted by molar-refractivity contribution is -0.118. The number of para-hydroxylation sites is 1. The number of amides is 1. The Balaban J connectivity index is 1.57. The molecule has 0 spiro atoms. The lowest BCUT2D eigenvalue weighted by Crippen LogP contribution is -2.37. The van der Waals surface area contributed by atoms with E-state index in [9.17, 15) is 13.2 Å². The van der Waals surface area contributed by atoms with E-state index in [1.54, 1.807) is 0 Å². The van der Waals surface area contributed by atoms with Crippen LogP contribution in [0.4, 0.5) is 5.69 Å². The maximum absolute atomic E-state index is 12.5. The molecular formula is C19H24N2O3S2. The average Bonchev–Trinajstić information content (AvgIpc) is 3.07. The van der Waals surface area contributed by atoms with E-state index >= 15 is 0 Å². The first kappa shape index (κ1) is 18.0. The number of nitrogens with zero attached hydrogens (tertiary/aromatic N) is 2. The maximum atomic E-state index is 12.5. The summed E-state index contributed by atoms with van der Waals surface area (Å²) in [6.07, 6.45) is 6.45. The number of hydrogen-bond donors (Lipinski definition) is 0. The van der Waals surface area contributed by atoms with Crippen molar-refractivity contribution >= 4 is 38.4 Å². The van der Waals surface area contributed by atoms with Gasteiger partial charge in [0.2, 0.25) is 5.91 Å². The van der Waals surface area contributed by atoms with Gasteiger partial charge in [-0.3, -0.25) is 4.79 Å². The SMILES string of the molecule is O=C(CC1CCCCC1)N=C1S[C@@H]2CS(=O)(=O)C[C@@H]2N1c1ccccc1. The van der Waals surface area contributed by atoms with Crippen molar-refractivity contribution in [1.29, 1.82) is 0 Å². The third-order valence-electron chi connectivity index (χ3n) is 5.51. The molecule has 0 unspecified atom stereocenters. The molecule has 1 aromatic carbocycles. The topological polar surface area (TPSA) is 66.8 Å². The molecule has 2 heterocycles. The van der Waals surface area contributed by atoms with Crippen molar-refractivity contribution in [2.75, 3.05) is 16.4 Å². The zero-order chi connectivity index (χ0) is 18.1. The standard InChI is InChI=1S/C19H24N2O3S2/c22-18(11-14-7-3-1-4-8-14)20-19-21(15-9-5-2-6-10-15)16-12-26(23,24)13-17(16)25-19/h2,5-6,9-10,14,16-17H,1,3-4,7-8,11-13H2/t16-,17+/m0/s1. The summed E-state index contributed by atoms with van der Waals surface area (Å²) in [6.45, 7) is 0. The van der Waals surface area contributed by atoms with Crippen LogP contribution in [0.15, 0.2) is 35.3 Å². The van der Waals surface area contributed by atoms with Gasteiger partial charge in [0.1, 0.15) is 0 Å². The molecular weight excluding hydrogens is 368 g/mol. The molecule has 26 heavy (non-hydrogen) atoms. The van der Waals surface area contributed by atoms with Crippen LogP contribution in [0.25, 0.3) is 0 Å². The number of carbonyl (C=O) groups is 1. The highest BCUT2D eigenvalue weighted by atomic mass is 32.2. The van der Waals surface area contributed by atoms with Crippen molar-refractivity contribution in [1.82, 2.24) is 0 Å². The zero-order valence-corrected chi connectivity index (χ0v) is 16.3. The predicted octanol–water partition coefficient (Wildman–Crippen LogP) is 3.26. The Labute approximate surface area is 159 Å². The molecule has 3 fully saturated rings. The first-order chi connectivity index (χ1) is 12.5. The molecule has 0 aromatic heterocycles. The normalized spacial score (nSPS) is 29.8. The molecule has 1 saturated carbocycles. The fourth-order valence-electron chi connectivity index (χ4n) is 4.25. The van der Waals surface area contributed by atoms with E-state index in [0.29, 0.717) is 17.5 Å². The minimum atomic E-state index is -3.02. The minimum absolute atomic E-state index is 0.0403. The lowest BCUT2D eigenvalue weighted by atomic mass is 9.87. The molecule has 1 aliphatic carbocycles. The van der Waals surface area contributed by atoms with E-state index in [1.807, 2.05) is 35.2 Å². The van der Waals surface area contributed by atoms with Crippen molar-refractivity contribution in [3.8, 4) is 0 Å². The molecule has 0 N–H and O–H groups in total. The Morgan fingerprint density at radius 3 is 2.58 bits per heavy atom. The van der Waals surface area contributed by atoms with E-state index in [2.05, 4.69) is 4.99 Å². The third-order valence-corrected chi connectivity index (χ3v) is 8.72. The summed E-state index contributed by atoms with van der Waals surface area (Å²) < 4.78 is 24.1. The predicted molar refractivity (Wildman–Crippen MR) is 106 cm³/mol. The fourth-order valence-corrected chi connectivity index (χ4v) is 8.18. The van der Waals surface area contributed by atoms with Gasteiger partial charge in [0.15, 0.2) is 15.0 Å². The Bertz CT molecular complexity index is 801. The first-order valence-electron chi connectivity index (χ1n) is 9.35. The summed E-state index contributed by atoms with van der Waals surface area (Å²) in [7, 11) is -3.02. The number of thioether (sulfide) groups is 1. The van der Waals surface area contributed by atoms with Crippen LogP contribution in [-0.2, 0) is 14.6 Å². The Kier molecular flexibility index (Phi) is 5.10. The van der Waals surface area contributed by atoms with Crippen molar-refractivity contribution in [2.24, 2.45) is 10.9 Å². The van der Waals surface area contributed by atoms with Gasteiger partial charge in [-0.2, -0.15) is 4.99 Å². The van der Waals surface area contributed by atoms with Gasteiger partial charge < -0.3 is 4.90 Å². The van der Waals surface area contributed by atoms with Crippen LogP contribution in [0.3, 0.4) is 0 Å². The number of rotatable bonds is 3. The number of hydrogen-bond acceptors (Lipinski definition) is 4. The second kappa shape index (κ2) is 7.35. The smallest absolute Gasteiger partial charge is 0.248 e. The molecule has 5 nitrogen and oxygen atoms in total. The number of aliphatic imine (C=N–C) groups is 1. The van der Waals surface area contributed by atoms with Crippen LogP contribution < -0.4 is 4.90 Å². The van der Waals surface area contributed by atoms with Crippen LogP contribution in [0.1, 0.15) is 38.5 Å². The monoisotopic (exact) mass is 392 g/mol. The highest BCUT2D eigenvalue weighted by Crippen LogP contribution is 2.41. The summed E-state index contributed by atoms with van der Waals surface area (Å²) in [5.41, 5.74) is 0.911. The van der Waals surface area contributed by atoms with E-state index in [0.717, 1.165) is 18.5 Å². The summed E-state index contributed by atoms with van der Waals surface area (Å²) in [5.74, 6) is 0.692. The molecule has 0 radical (unpaired) electrons. The molecule has 1 aromatic rings. The average molecular weight is 393 g/mol. The summed E-state index contributed by atoms with van der Waals surface area (Å²) in [4.78, 5) is 18.9. The summed E-state index contributed by atoms with van der Waals surface area (Å²) in [6, 6.07) is 9.56. The van der Waals surface area contributed by atoms with Crippen LogP contribution in [0.2, 0.25) is 0 Å². The molecule has 7 heteroatoms. The van der Waals surface area contributed by atoms with Crippen LogP contribution in [0.5, 0.6) is 0 Å². The number of amidine groups is 1. The van der Waals surface area contributed by atoms with Gasteiger partial charge in [-0.1, -0.05) is 49.2 Å². The quantitative estimate of drug-likeness (QED) is 0.790. The highest BCUT2D eigenvalue weighted by Gasteiger charge is 2.49. The maximum Gasteiger partial charge on any atom is 0.248 e. The van der Waals surface area contributed by atoms with E-state index < -0.39 is 9.84 Å². The third kappa shape index (κ3) is 3.83. The second-order valence-corrected chi connectivity index (χ2v) is 10.9. The molecule has 2 atom stereocenters. The Morgan fingerprint density at radius 2 is 1.85 bits per heavy atom. The second-order valence-electron chi connectivity index (χ2n) is 7.50. The largest absolute Gasteiger partial charge is 0.316 e. The van der Waals surface area contributed by atoms with Crippen LogP contribution in [-0.4, -0.2) is 42.3 Å².